The summed E-state index contributed by atoms with van der Waals surface area (Å²) in [6.45, 7) is 0. The monoisotopic (exact) mass is 608 g/mol. The second-order valence-corrected chi connectivity index (χ2v) is 10.6. The number of hydrogen-bond donors (Lipinski definition) is 1. The number of rotatable bonds is 9. The molecule has 0 amide bonds. The van der Waals surface area contributed by atoms with Crippen LogP contribution in [0.2, 0.25) is 0 Å². The molecule has 0 saturated heterocycles. The van der Waals surface area contributed by atoms with Gasteiger partial charge in [-0.2, -0.15) is 8.42 Å². The van der Waals surface area contributed by atoms with Crippen molar-refractivity contribution < 1.29 is 50.1 Å². The third kappa shape index (κ3) is 5.51. The SMILES string of the molecule is COc1cc([N+](=O)[O-])c(S(=O)(=O)O)cc1-n1nc(-c2ccccc2)n[n+]1-c1cc(S(=O)(=O)[O-])c([N+](=O)[O-])cc1OC. The van der Waals surface area contributed by atoms with Gasteiger partial charge in [0.15, 0.2) is 22.1 Å². The fourth-order valence-corrected chi connectivity index (χ4v) is 5.01. The van der Waals surface area contributed by atoms with E-state index in [4.69, 9.17) is 9.47 Å². The van der Waals surface area contributed by atoms with Gasteiger partial charge in [-0.3, -0.25) is 24.8 Å². The summed E-state index contributed by atoms with van der Waals surface area (Å²) in [6, 6.07) is 10.7. The highest BCUT2D eigenvalue weighted by Crippen LogP contribution is 2.35. The molecule has 214 valence electrons. The van der Waals surface area contributed by atoms with Crippen LogP contribution in [-0.2, 0) is 20.2 Å². The smallest absolute Gasteiger partial charge is 0.340 e. The van der Waals surface area contributed by atoms with Crippen LogP contribution in [0.15, 0.2) is 64.4 Å². The summed E-state index contributed by atoms with van der Waals surface area (Å²) >= 11 is 0. The highest BCUT2D eigenvalue weighted by Gasteiger charge is 2.35. The van der Waals surface area contributed by atoms with Gasteiger partial charge in [0.05, 0.1) is 46.9 Å². The van der Waals surface area contributed by atoms with Gasteiger partial charge < -0.3 is 14.0 Å². The fourth-order valence-electron chi connectivity index (χ4n) is 3.71. The second kappa shape index (κ2) is 10.5. The number of nitrogens with zero attached hydrogens (tertiary/aromatic N) is 6. The van der Waals surface area contributed by atoms with E-state index >= 15 is 0 Å². The van der Waals surface area contributed by atoms with Gasteiger partial charge in [-0.15, -0.1) is 0 Å². The van der Waals surface area contributed by atoms with Crippen molar-refractivity contribution in [1.82, 2.24) is 15.0 Å². The second-order valence-electron chi connectivity index (χ2n) is 7.90. The molecule has 0 atom stereocenters. The van der Waals surface area contributed by atoms with E-state index in [1.807, 2.05) is 0 Å². The van der Waals surface area contributed by atoms with Crippen LogP contribution in [0, 0.1) is 20.2 Å². The van der Waals surface area contributed by atoms with Crippen molar-refractivity contribution in [2.45, 2.75) is 9.79 Å². The van der Waals surface area contributed by atoms with Crippen molar-refractivity contribution in [3.05, 3.63) is 74.8 Å². The molecular weight excluding hydrogens is 592 g/mol. The maximum absolute atomic E-state index is 12.1. The highest BCUT2D eigenvalue weighted by atomic mass is 32.2. The van der Waals surface area contributed by atoms with Gasteiger partial charge in [0, 0.05) is 16.9 Å². The van der Waals surface area contributed by atoms with Crippen LogP contribution in [0.4, 0.5) is 11.4 Å². The van der Waals surface area contributed by atoms with Crippen LogP contribution < -0.4 is 14.3 Å². The van der Waals surface area contributed by atoms with Gasteiger partial charge in [-0.05, 0) is 22.0 Å². The summed E-state index contributed by atoms with van der Waals surface area (Å²) in [6.07, 6.45) is 0. The average Bonchev–Trinajstić information content (AvgIpc) is 3.36. The normalized spacial score (nSPS) is 11.7. The van der Waals surface area contributed by atoms with E-state index in [0.717, 1.165) is 23.8 Å². The molecule has 4 rings (SSSR count). The van der Waals surface area contributed by atoms with E-state index in [-0.39, 0.29) is 23.0 Å². The number of benzene rings is 3. The Morgan fingerprint density at radius 1 is 0.878 bits per heavy atom. The molecule has 0 bridgehead atoms. The molecule has 0 fully saturated rings. The molecule has 1 heterocycles. The van der Waals surface area contributed by atoms with Gasteiger partial charge >= 0.3 is 15.9 Å². The van der Waals surface area contributed by atoms with Crippen LogP contribution in [0.5, 0.6) is 11.5 Å². The third-order valence-electron chi connectivity index (χ3n) is 5.48. The highest BCUT2D eigenvalue weighted by molar-refractivity contribution is 7.86. The van der Waals surface area contributed by atoms with Crippen molar-refractivity contribution in [2.75, 3.05) is 14.2 Å². The molecule has 0 spiro atoms. The Morgan fingerprint density at radius 2 is 1.44 bits per heavy atom. The number of aromatic nitrogens is 4. The van der Waals surface area contributed by atoms with Crippen molar-refractivity contribution >= 4 is 31.6 Å². The summed E-state index contributed by atoms with van der Waals surface area (Å²) in [5, 5.41) is 31.6. The molecule has 0 radical (unpaired) electrons. The fraction of sp³-hybridized carbons (Fsp3) is 0.0952. The molecule has 0 saturated carbocycles. The van der Waals surface area contributed by atoms with Crippen molar-refractivity contribution in [2.24, 2.45) is 0 Å². The zero-order valence-electron chi connectivity index (χ0n) is 20.6. The molecule has 0 unspecified atom stereocenters. The lowest BCUT2D eigenvalue weighted by Gasteiger charge is -2.12. The van der Waals surface area contributed by atoms with Crippen LogP contribution >= 0.6 is 0 Å². The largest absolute Gasteiger partial charge is 0.744 e. The molecule has 0 aliphatic carbocycles. The molecular formula is C21H16N6O12S2. The van der Waals surface area contributed by atoms with Gasteiger partial charge in [-0.1, -0.05) is 18.2 Å². The van der Waals surface area contributed by atoms with Crippen LogP contribution in [0.1, 0.15) is 0 Å². The zero-order valence-corrected chi connectivity index (χ0v) is 22.3. The lowest BCUT2D eigenvalue weighted by atomic mass is 10.2. The third-order valence-corrected chi connectivity index (χ3v) is 7.23. The van der Waals surface area contributed by atoms with Crippen LogP contribution in [-0.4, -0.2) is 65.0 Å². The quantitative estimate of drug-likeness (QED) is 0.121. The number of tetrazole rings is 1. The lowest BCUT2D eigenvalue weighted by Crippen LogP contribution is -2.44. The Hall–Kier alpha value is -5.05. The van der Waals surface area contributed by atoms with E-state index in [0.29, 0.717) is 29.8 Å². The maximum Gasteiger partial charge on any atom is 0.340 e. The summed E-state index contributed by atoms with van der Waals surface area (Å²) in [4.78, 5) is 20.0. The molecule has 0 aliphatic heterocycles. The number of nitro groups is 2. The summed E-state index contributed by atoms with van der Waals surface area (Å²) in [5.74, 6) is -0.829. The Bertz CT molecular complexity index is 1810. The molecule has 18 nitrogen and oxygen atoms in total. The molecule has 0 aliphatic rings. The van der Waals surface area contributed by atoms with E-state index in [9.17, 15) is 46.2 Å². The number of nitro benzene ring substituents is 2. The first kappa shape index (κ1) is 28.9. The summed E-state index contributed by atoms with van der Waals surface area (Å²) in [5.41, 5.74) is -2.57. The number of methoxy groups -OCH3 is 2. The average molecular weight is 609 g/mol. The van der Waals surface area contributed by atoms with E-state index < -0.39 is 56.9 Å². The van der Waals surface area contributed by atoms with Crippen molar-refractivity contribution in [3.63, 3.8) is 0 Å². The predicted molar refractivity (Wildman–Crippen MR) is 133 cm³/mol. The Labute approximate surface area is 229 Å². The topological polar surface area (TPSA) is 251 Å². The maximum atomic E-state index is 12.1. The molecule has 20 heteroatoms. The minimum absolute atomic E-state index is 0.0913. The first-order valence-corrected chi connectivity index (χ1v) is 13.6. The lowest BCUT2D eigenvalue weighted by molar-refractivity contribution is -0.735. The molecule has 3 aromatic carbocycles. The van der Waals surface area contributed by atoms with Crippen molar-refractivity contribution in [1.29, 1.82) is 0 Å². The molecule has 1 aromatic heterocycles. The van der Waals surface area contributed by atoms with Gasteiger partial charge in [0.2, 0.25) is 5.69 Å². The van der Waals surface area contributed by atoms with E-state index in [2.05, 4.69) is 10.2 Å². The predicted octanol–water partition coefficient (Wildman–Crippen LogP) is 1.20. The minimum Gasteiger partial charge on any atom is -0.744 e. The van der Waals surface area contributed by atoms with Crippen LogP contribution in [0.25, 0.3) is 22.8 Å². The van der Waals surface area contributed by atoms with Crippen molar-refractivity contribution in [3.8, 4) is 34.3 Å². The summed E-state index contributed by atoms with van der Waals surface area (Å²) in [7, 11) is -8.47. The standard InChI is InChI=1S/C21H16N6O12S2/c1-38-17-8-15(26(28)29)19(40(32,33)34)10-13(17)24-22-21(12-6-4-3-5-7-12)23-25(24)14-11-20(41(35,36)37)16(27(30)31)9-18(14)39-2/h3-11H,1-2H3,(H-,32,33,34,35,36,37). The first-order chi connectivity index (χ1) is 19.2. The van der Waals surface area contributed by atoms with E-state index in [1.165, 1.54) is 0 Å². The number of ether oxygens (including phenoxy) is 2. The van der Waals surface area contributed by atoms with E-state index in [1.54, 1.807) is 30.3 Å². The Morgan fingerprint density at radius 3 is 1.95 bits per heavy atom. The van der Waals surface area contributed by atoms with Gasteiger partial charge in [-0.25, -0.2) is 8.42 Å². The Balaban J connectivity index is 2.18. The molecule has 41 heavy (non-hydrogen) atoms. The number of hydrogen-bond acceptors (Lipinski definition) is 13. The zero-order chi connectivity index (χ0) is 30.3. The Kier molecular flexibility index (Phi) is 7.41. The van der Waals surface area contributed by atoms with Gasteiger partial charge in [0.1, 0.15) is 15.0 Å². The van der Waals surface area contributed by atoms with Gasteiger partial charge in [0.25, 0.3) is 11.4 Å². The first-order valence-electron chi connectivity index (χ1n) is 10.8. The molecule has 4 aromatic rings. The van der Waals surface area contributed by atoms with Crippen LogP contribution in [0.3, 0.4) is 0 Å². The minimum atomic E-state index is -5.44. The molecule has 1 N–H and O–H groups in total. The summed E-state index contributed by atoms with van der Waals surface area (Å²) < 4.78 is 80.0.